The van der Waals surface area contributed by atoms with E-state index in [9.17, 15) is 4.57 Å². The molecule has 1 aliphatic heterocycles. The van der Waals surface area contributed by atoms with Gasteiger partial charge in [-0.2, -0.15) is 0 Å². The first-order valence-corrected chi connectivity index (χ1v) is 12.5. The lowest BCUT2D eigenvalue weighted by Crippen LogP contribution is -2.46. The summed E-state index contributed by atoms with van der Waals surface area (Å²) in [6.45, 7) is 14.9. The van der Waals surface area contributed by atoms with Gasteiger partial charge in [-0.15, -0.1) is 0 Å². The Hall–Kier alpha value is 0.327. The third-order valence-electron chi connectivity index (χ3n) is 5.07. The van der Waals surface area contributed by atoms with E-state index >= 15 is 0 Å². The standard InChI is InChI=1S/C15H35N2O2PSi/c1-9-21(10-2,11-3)19-14(15(4,5)6)20(18)16(7)12-13-17(20)8/h14H,9-13H2,1-8H3. The van der Waals surface area contributed by atoms with Crippen LogP contribution in [0.3, 0.4) is 0 Å². The normalized spacial score (nSPS) is 22.7. The topological polar surface area (TPSA) is 32.8 Å². The second-order valence-electron chi connectivity index (χ2n) is 7.43. The van der Waals surface area contributed by atoms with Crippen LogP contribution in [-0.2, 0) is 8.99 Å². The minimum atomic E-state index is -2.64. The lowest BCUT2D eigenvalue weighted by Gasteiger charge is -2.45. The highest BCUT2D eigenvalue weighted by molar-refractivity contribution is 7.60. The molecule has 6 heteroatoms. The molecule has 1 heterocycles. The van der Waals surface area contributed by atoms with Crippen molar-refractivity contribution in [1.82, 2.24) is 9.34 Å². The Morgan fingerprint density at radius 2 is 1.43 bits per heavy atom. The van der Waals surface area contributed by atoms with E-state index < -0.39 is 15.8 Å². The van der Waals surface area contributed by atoms with Gasteiger partial charge in [0.15, 0.2) is 8.32 Å². The molecule has 126 valence electrons. The molecule has 1 fully saturated rings. The fourth-order valence-corrected chi connectivity index (χ4v) is 10.2. The summed E-state index contributed by atoms with van der Waals surface area (Å²) in [6.07, 6.45) is 0. The van der Waals surface area contributed by atoms with Gasteiger partial charge >= 0.3 is 0 Å². The summed E-state index contributed by atoms with van der Waals surface area (Å²) in [7, 11) is -0.459. The Balaban J connectivity index is 3.23. The molecule has 0 aliphatic carbocycles. The van der Waals surface area contributed by atoms with Crippen molar-refractivity contribution in [2.45, 2.75) is 65.5 Å². The van der Waals surface area contributed by atoms with Crippen molar-refractivity contribution >= 4 is 15.8 Å². The molecule has 0 aromatic rings. The maximum Gasteiger partial charge on any atom is 0.243 e. The van der Waals surface area contributed by atoms with Gasteiger partial charge in [0.05, 0.1) is 0 Å². The smallest absolute Gasteiger partial charge is 0.243 e. The Morgan fingerprint density at radius 3 is 1.71 bits per heavy atom. The van der Waals surface area contributed by atoms with Gasteiger partial charge in [-0.05, 0) is 37.6 Å². The summed E-state index contributed by atoms with van der Waals surface area (Å²) in [5.41, 5.74) is -0.125. The lowest BCUT2D eigenvalue weighted by molar-refractivity contribution is 0.130. The SMILES string of the molecule is CC[Si](CC)(CC)OC(C(C)(C)C)P1(=O)N(C)CCN1C. The van der Waals surface area contributed by atoms with Crippen molar-refractivity contribution in [3.8, 4) is 0 Å². The Kier molecular flexibility index (Phi) is 6.31. The lowest BCUT2D eigenvalue weighted by atomic mass is 9.98. The molecule has 0 aromatic heterocycles. The van der Waals surface area contributed by atoms with Crippen molar-refractivity contribution in [3.63, 3.8) is 0 Å². The quantitative estimate of drug-likeness (QED) is 0.531. The van der Waals surface area contributed by atoms with Gasteiger partial charge in [-0.25, -0.2) is 9.34 Å². The summed E-state index contributed by atoms with van der Waals surface area (Å²) in [5.74, 6) is -0.200. The molecule has 1 saturated heterocycles. The van der Waals surface area contributed by atoms with Crippen LogP contribution in [0, 0.1) is 5.41 Å². The van der Waals surface area contributed by atoms with Crippen molar-refractivity contribution in [1.29, 1.82) is 0 Å². The van der Waals surface area contributed by atoms with Crippen LogP contribution in [0.15, 0.2) is 0 Å². The van der Waals surface area contributed by atoms with Crippen LogP contribution < -0.4 is 0 Å². The fraction of sp³-hybridized carbons (Fsp3) is 1.00. The van der Waals surface area contributed by atoms with E-state index in [4.69, 9.17) is 4.43 Å². The van der Waals surface area contributed by atoms with Crippen LogP contribution in [0.4, 0.5) is 0 Å². The van der Waals surface area contributed by atoms with Gasteiger partial charge in [0, 0.05) is 13.1 Å². The highest BCUT2D eigenvalue weighted by Crippen LogP contribution is 2.64. The minimum Gasteiger partial charge on any atom is -0.404 e. The molecule has 0 bridgehead atoms. The molecule has 4 nitrogen and oxygen atoms in total. The number of nitrogens with zero attached hydrogens (tertiary/aromatic N) is 2. The van der Waals surface area contributed by atoms with E-state index in [0.29, 0.717) is 0 Å². The molecular formula is C15H35N2O2PSi. The average Bonchev–Trinajstić information content (AvgIpc) is 2.68. The third kappa shape index (κ3) is 3.64. The molecule has 0 aromatic carbocycles. The third-order valence-corrected chi connectivity index (χ3v) is 13.7. The molecular weight excluding hydrogens is 299 g/mol. The molecule has 1 atom stereocenters. The summed E-state index contributed by atoms with van der Waals surface area (Å²) in [6, 6.07) is 3.29. The van der Waals surface area contributed by atoms with Crippen molar-refractivity contribution in [3.05, 3.63) is 0 Å². The zero-order valence-electron chi connectivity index (χ0n) is 15.3. The summed E-state index contributed by atoms with van der Waals surface area (Å²) >= 11 is 0. The summed E-state index contributed by atoms with van der Waals surface area (Å²) < 4.78 is 24.7. The number of hydrogen-bond acceptors (Lipinski definition) is 2. The molecule has 21 heavy (non-hydrogen) atoms. The van der Waals surface area contributed by atoms with Gasteiger partial charge < -0.3 is 4.43 Å². The van der Waals surface area contributed by atoms with E-state index in [1.807, 2.05) is 23.4 Å². The van der Waals surface area contributed by atoms with Crippen LogP contribution in [0.1, 0.15) is 41.5 Å². The zero-order chi connectivity index (χ0) is 16.5. The highest BCUT2D eigenvalue weighted by Gasteiger charge is 2.53. The first-order valence-electron chi connectivity index (χ1n) is 8.28. The maximum atomic E-state index is 13.8. The van der Waals surface area contributed by atoms with Crippen LogP contribution in [0.2, 0.25) is 18.1 Å². The minimum absolute atomic E-state index is 0.125. The Labute approximate surface area is 132 Å². The van der Waals surface area contributed by atoms with Gasteiger partial charge in [0.2, 0.25) is 7.44 Å². The van der Waals surface area contributed by atoms with E-state index in [-0.39, 0.29) is 11.3 Å². The van der Waals surface area contributed by atoms with Gasteiger partial charge in [-0.1, -0.05) is 41.5 Å². The van der Waals surface area contributed by atoms with Crippen LogP contribution in [-0.4, -0.2) is 50.7 Å². The van der Waals surface area contributed by atoms with E-state index in [1.165, 1.54) is 0 Å². The molecule has 0 N–H and O–H groups in total. The van der Waals surface area contributed by atoms with E-state index in [1.54, 1.807) is 0 Å². The highest BCUT2D eigenvalue weighted by atomic mass is 31.2. The van der Waals surface area contributed by atoms with Crippen LogP contribution in [0.5, 0.6) is 0 Å². The fourth-order valence-electron chi connectivity index (χ4n) is 3.18. The van der Waals surface area contributed by atoms with Crippen molar-refractivity contribution < 1.29 is 8.99 Å². The maximum absolute atomic E-state index is 13.8. The monoisotopic (exact) mass is 334 g/mol. The van der Waals surface area contributed by atoms with Crippen LogP contribution >= 0.6 is 7.44 Å². The molecule has 1 aliphatic rings. The first-order chi connectivity index (χ1) is 9.57. The average molecular weight is 335 g/mol. The van der Waals surface area contributed by atoms with Crippen molar-refractivity contribution in [2.75, 3.05) is 27.2 Å². The number of hydrogen-bond donors (Lipinski definition) is 0. The first kappa shape index (κ1) is 19.4. The predicted octanol–water partition coefficient (Wildman–Crippen LogP) is 4.45. The zero-order valence-corrected chi connectivity index (χ0v) is 17.2. The second kappa shape index (κ2) is 6.84. The number of likely N-dealkylation sites (N-methyl/N-ethyl adjacent to an activating group) is 2. The molecule has 0 amide bonds. The number of rotatable bonds is 6. The summed E-state index contributed by atoms with van der Waals surface area (Å²) in [5, 5.41) is 0. The van der Waals surface area contributed by atoms with Gasteiger partial charge in [0.25, 0.3) is 0 Å². The van der Waals surface area contributed by atoms with Gasteiger partial charge in [0.1, 0.15) is 5.85 Å². The Bertz CT molecular complexity index is 371. The predicted molar refractivity (Wildman–Crippen MR) is 94.4 cm³/mol. The van der Waals surface area contributed by atoms with E-state index in [2.05, 4.69) is 41.5 Å². The molecule has 0 saturated carbocycles. The van der Waals surface area contributed by atoms with Crippen LogP contribution in [0.25, 0.3) is 0 Å². The van der Waals surface area contributed by atoms with Crippen molar-refractivity contribution in [2.24, 2.45) is 5.41 Å². The second-order valence-corrected chi connectivity index (χ2v) is 15.2. The molecule has 1 unspecified atom stereocenters. The molecule has 0 spiro atoms. The molecule has 0 radical (unpaired) electrons. The van der Waals surface area contributed by atoms with E-state index in [0.717, 1.165) is 31.2 Å². The summed E-state index contributed by atoms with van der Waals surface area (Å²) in [4.78, 5) is 0. The molecule has 1 rings (SSSR count). The Morgan fingerprint density at radius 1 is 1.05 bits per heavy atom. The van der Waals surface area contributed by atoms with Gasteiger partial charge in [-0.3, -0.25) is 4.57 Å². The largest absolute Gasteiger partial charge is 0.404 e.